The summed E-state index contributed by atoms with van der Waals surface area (Å²) in [5.41, 5.74) is 17.0. The normalized spacial score (nSPS) is 10.2. The number of rotatable bonds is 16. The van der Waals surface area contributed by atoms with Crippen molar-refractivity contribution in [1.29, 1.82) is 0 Å². The molecule has 0 fully saturated rings. The molecule has 4 aromatic carbocycles. The van der Waals surface area contributed by atoms with Crippen LogP contribution in [0.3, 0.4) is 0 Å². The molecule has 5 heterocycles. The Kier molecular flexibility index (Phi) is 64.1. The van der Waals surface area contributed by atoms with E-state index in [-0.39, 0.29) is 95.6 Å². The predicted molar refractivity (Wildman–Crippen MR) is 458 cm³/mol. The van der Waals surface area contributed by atoms with Crippen LogP contribution in [0.2, 0.25) is 0 Å². The summed E-state index contributed by atoms with van der Waals surface area (Å²) in [4.78, 5) is 41.1. The van der Waals surface area contributed by atoms with Gasteiger partial charge in [-0.25, -0.2) is 0 Å². The molecular formula is C80H114N8Se8Sn4. The molecule has 2 N–H and O–H groups in total. The van der Waals surface area contributed by atoms with Crippen LogP contribution in [-0.2, 0) is 51.4 Å². The number of aromatic amines is 2. The van der Waals surface area contributed by atoms with Crippen LogP contribution in [0.4, 0.5) is 0 Å². The van der Waals surface area contributed by atoms with Gasteiger partial charge in [-0.05, 0) is 0 Å². The minimum Gasteiger partial charge on any atom is -0.0654 e. The van der Waals surface area contributed by atoms with Gasteiger partial charge < -0.3 is 0 Å². The van der Waals surface area contributed by atoms with Crippen molar-refractivity contribution in [2.45, 2.75) is 265 Å². The van der Waals surface area contributed by atoms with Crippen LogP contribution in [0, 0.1) is 55.4 Å². The Morgan fingerprint density at radius 1 is 0.230 bits per heavy atom. The fourth-order valence-electron chi connectivity index (χ4n) is 9.92. The zero-order valence-corrected chi connectivity index (χ0v) is 88.7. The molecule has 0 spiro atoms. The second-order valence-corrected chi connectivity index (χ2v) is 29.6. The maximum absolute atomic E-state index is 5.64. The predicted octanol–water partition coefficient (Wildman–Crippen LogP) is 13.1. The van der Waals surface area contributed by atoms with Gasteiger partial charge in [-0.2, -0.15) is 0 Å². The zero-order valence-electron chi connectivity index (χ0n) is 63.6. The van der Waals surface area contributed by atoms with Crippen LogP contribution in [0.15, 0.2) is 0 Å². The largest absolute Gasteiger partial charge is 2.00 e. The molecule has 538 valence electrons. The van der Waals surface area contributed by atoms with Gasteiger partial charge in [0.2, 0.25) is 0 Å². The van der Waals surface area contributed by atoms with Crippen LogP contribution < -0.4 is 35.7 Å². The second kappa shape index (κ2) is 59.4. The van der Waals surface area contributed by atoms with E-state index in [0.717, 1.165) is 222 Å². The van der Waals surface area contributed by atoms with Crippen molar-refractivity contribution in [3.63, 3.8) is 0 Å². The van der Waals surface area contributed by atoms with Crippen LogP contribution in [0.1, 0.15) is 258 Å². The molecule has 20 heteroatoms. The van der Waals surface area contributed by atoms with E-state index >= 15 is 0 Å². The van der Waals surface area contributed by atoms with Crippen molar-refractivity contribution >= 4 is 281 Å². The number of nitrogens with zero attached hydrogens (tertiary/aromatic N) is 6. The van der Waals surface area contributed by atoms with E-state index in [0.29, 0.717) is 23.3 Å². The summed E-state index contributed by atoms with van der Waals surface area (Å²) in [6.45, 7) is 63.4. The molecule has 3 aliphatic heterocycles. The second-order valence-electron chi connectivity index (χ2n) is 22.7. The summed E-state index contributed by atoms with van der Waals surface area (Å²) in [6, 6.07) is 0. The van der Waals surface area contributed by atoms with E-state index in [1.54, 1.807) is 0 Å². The van der Waals surface area contributed by atoms with Crippen LogP contribution in [0.5, 0.6) is 0 Å². The number of benzene rings is 4. The number of unbranched alkanes of at least 4 members (excludes halogenated alkanes) is 8. The molecule has 0 atom stereocenters. The van der Waals surface area contributed by atoms with Crippen molar-refractivity contribution in [2.75, 3.05) is 0 Å². The van der Waals surface area contributed by atoms with Crippen molar-refractivity contribution in [1.82, 2.24) is 39.9 Å². The molecule has 100 heavy (non-hydrogen) atoms. The Hall–Kier alpha value is 1.59. The molecule has 0 saturated carbocycles. The first-order chi connectivity index (χ1) is 46.1. The smallest absolute Gasteiger partial charge is 0.0654 e. The zero-order chi connectivity index (χ0) is 73.1. The van der Waals surface area contributed by atoms with Crippen molar-refractivity contribution in [3.05, 3.63) is 99.9 Å². The van der Waals surface area contributed by atoms with Gasteiger partial charge in [-0.1, -0.05) is 214 Å². The first-order valence-corrected chi connectivity index (χ1v) is 42.3. The Morgan fingerprint density at radius 3 is 0.590 bits per heavy atom. The minimum atomic E-state index is 0. The maximum atomic E-state index is 5.64. The van der Waals surface area contributed by atoms with E-state index < -0.39 is 0 Å². The number of hydrogen-bond acceptors (Lipinski definition) is 6. The average molecular weight is 2290 g/mol. The van der Waals surface area contributed by atoms with Crippen molar-refractivity contribution in [3.8, 4) is 68.3 Å². The molecule has 3 aliphatic rings. The monoisotopic (exact) mass is 2310 g/mol. The fourth-order valence-corrected chi connectivity index (χ4v) is 16.1. The first-order valence-electron chi connectivity index (χ1n) is 35.5. The van der Waals surface area contributed by atoms with Gasteiger partial charge in [0, 0.05) is 0 Å². The van der Waals surface area contributed by atoms with Crippen LogP contribution >= 0.6 is 0 Å². The topological polar surface area (TPSA) is 109 Å². The summed E-state index contributed by atoms with van der Waals surface area (Å²) >= 11 is 27.4. The summed E-state index contributed by atoms with van der Waals surface area (Å²) in [6.07, 6.45) is 24.5. The van der Waals surface area contributed by atoms with Gasteiger partial charge in [0.15, 0.2) is 0 Å². The third-order valence-electron chi connectivity index (χ3n) is 15.7. The van der Waals surface area contributed by atoms with E-state index in [4.69, 9.17) is 29.9 Å². The molecule has 8 bridgehead atoms. The van der Waals surface area contributed by atoms with Gasteiger partial charge in [0.05, 0.1) is 0 Å². The standard InChI is InChI=1S/C48H50N8Se8.8C4H9.4Sn/c1-9-17-25-26(18(10-2)34(58)33(17)57)42-49-41(25)53-43-27-19(11-3)35(59)36(60)20(12-4)28(27)45(50-43)55-47-31-23(15-7)39(63)40(64)24(16-8)32(31)48(52-47)56-46-30-22(14-6)38(62)37(61)21(13-5)29(30)44(51-46)54-42;8*1-3-4-2;;;;/h57-64H,9-16H2,1-8H3,(H2,49,50,51,52,53,54,55,56);8*1,3-4H2,2H3;;;;/q;;;;;;;;;4*+2/p-8. The van der Waals surface area contributed by atoms with Crippen molar-refractivity contribution in [2.24, 2.45) is 0 Å². The molecule has 9 rings (SSSR count). The molecule has 16 radical (unpaired) electrons. The Bertz CT molecular complexity index is 3320. The molecule has 2 aromatic heterocycles. The Morgan fingerprint density at radius 2 is 0.390 bits per heavy atom. The summed E-state index contributed by atoms with van der Waals surface area (Å²) in [7, 11) is 0. The summed E-state index contributed by atoms with van der Waals surface area (Å²) in [5, 5.41) is 2.09. The van der Waals surface area contributed by atoms with E-state index in [1.807, 2.05) is 0 Å². The molecule has 0 unspecified atom stereocenters. The molecule has 0 saturated heterocycles. The van der Waals surface area contributed by atoms with Gasteiger partial charge in [-0.3, -0.25) is 0 Å². The molecule has 8 nitrogen and oxygen atoms in total. The van der Waals surface area contributed by atoms with Crippen LogP contribution in [-0.4, -0.2) is 264 Å². The third-order valence-corrected chi connectivity index (χ3v) is 25.9. The number of hydrogen-bond donors (Lipinski definition) is 2. The summed E-state index contributed by atoms with van der Waals surface area (Å²) in [5.74, 6) is 3.95. The average Bonchev–Trinajstić information content (AvgIpc) is 1.56. The quantitative estimate of drug-likeness (QED) is 0.0933. The first kappa shape index (κ1) is 108. The minimum absolute atomic E-state index is 0. The number of aromatic nitrogens is 8. The summed E-state index contributed by atoms with van der Waals surface area (Å²) < 4.78 is 8.87. The molecular weight excluding hydrogens is 2180 g/mol. The fraction of sp³-hybridized carbons (Fsp3) is 0.500. The third kappa shape index (κ3) is 28.1. The van der Waals surface area contributed by atoms with Gasteiger partial charge in [-0.15, -0.1) is 0 Å². The Balaban J connectivity index is -0.00000108. The number of H-pyrrole nitrogens is 2. The van der Waals surface area contributed by atoms with Gasteiger partial charge in [0.25, 0.3) is 0 Å². The molecule has 0 amide bonds. The number of fused-ring (bicyclic) bond motifs is 20. The molecule has 6 aromatic rings. The van der Waals surface area contributed by atoms with Gasteiger partial charge in [0.1, 0.15) is 0 Å². The van der Waals surface area contributed by atoms with E-state index in [2.05, 4.69) is 304 Å². The molecule has 0 aliphatic carbocycles. The van der Waals surface area contributed by atoms with E-state index in [1.165, 1.54) is 79.2 Å². The maximum Gasteiger partial charge on any atom is 2.00 e. The number of aryl methyl sites for hydroxylation is 2. The van der Waals surface area contributed by atoms with Gasteiger partial charge >= 0.3 is 541 Å². The number of nitrogens with one attached hydrogen (secondary N) is 2. The SMILES string of the molecule is CCc1c([Se-])c([Se-])c(CC)c2c1-c1nc-2nc2[nH]c(nc3nc([nH]c4nc(n1)-c1c(CC)c([Se-])c([Se-])c(CC)c1-4)-c1c(CC)c([Se-])c([Se-])c(CC)c1-3)c1c(CC)c([Se-])c([Se-])c(CC)c21.[CH2]CCC.[CH2]CCC.[CH2]CCC.[CH2]CCC.[CH2]CCC.[CH2]CCC.[CH2]CCC.[CH2]CCC.[Sn+2].[Sn+2].[Sn+2].[Sn+2]. The van der Waals surface area contributed by atoms with Crippen molar-refractivity contribution < 1.29 is 0 Å². The van der Waals surface area contributed by atoms with Crippen LogP contribution in [0.25, 0.3) is 90.4 Å². The van der Waals surface area contributed by atoms with E-state index in [9.17, 15) is 0 Å². The Labute approximate surface area is 744 Å².